The normalized spacial score (nSPS) is 29.1. The van der Waals surface area contributed by atoms with Crippen LogP contribution in [-0.4, -0.2) is 14.9 Å². The zero-order valence-electron chi connectivity index (χ0n) is 9.27. The zero-order chi connectivity index (χ0) is 9.57. The average Bonchev–Trinajstić information content (AvgIpc) is 2.14. The first-order valence-electron chi connectivity index (χ1n) is 5.91. The predicted octanol–water partition coefficient (Wildman–Crippen LogP) is 3.95. The highest BCUT2D eigenvalue weighted by Crippen LogP contribution is 2.27. The lowest BCUT2D eigenvalue weighted by Crippen LogP contribution is -2.37. The molecule has 78 valence electrons. The van der Waals surface area contributed by atoms with E-state index in [1.165, 1.54) is 50.6 Å². The van der Waals surface area contributed by atoms with E-state index in [2.05, 4.69) is 13.5 Å². The summed E-state index contributed by atoms with van der Waals surface area (Å²) in [6.45, 7) is 5.75. The molecule has 1 heterocycles. The molecule has 1 aliphatic rings. The molecule has 0 aromatic rings. The molecular weight excluding hydrogens is 176 g/mol. The summed E-state index contributed by atoms with van der Waals surface area (Å²) in [4.78, 5) is 0. The first kappa shape index (κ1) is 11.3. The molecule has 1 rings (SSSR count). The Balaban J connectivity index is 2.10. The zero-order valence-corrected chi connectivity index (χ0v) is 10.3. The van der Waals surface area contributed by atoms with E-state index in [0.717, 1.165) is 6.61 Å². The number of unbranched alkanes of at least 4 members (excludes halogenated alkanes) is 3. The fourth-order valence-electron chi connectivity index (χ4n) is 2.11. The van der Waals surface area contributed by atoms with Crippen molar-refractivity contribution in [2.24, 2.45) is 0 Å². The fraction of sp³-hybridized carbons (Fsp3) is 1.00. The molecule has 1 atom stereocenters. The average molecular weight is 200 g/mol. The summed E-state index contributed by atoms with van der Waals surface area (Å²) in [7, 11) is -1.19. The van der Waals surface area contributed by atoms with Gasteiger partial charge in [0.05, 0.1) is 0 Å². The maximum atomic E-state index is 5.98. The van der Waals surface area contributed by atoms with Crippen LogP contribution in [0, 0.1) is 0 Å². The Morgan fingerprint density at radius 1 is 1.15 bits per heavy atom. The van der Waals surface area contributed by atoms with Crippen molar-refractivity contribution in [2.45, 2.75) is 64.1 Å². The second-order valence-electron chi connectivity index (χ2n) is 4.57. The Labute approximate surface area is 84.0 Å². The molecule has 0 radical (unpaired) electrons. The van der Waals surface area contributed by atoms with Gasteiger partial charge in [-0.05, 0) is 25.1 Å². The highest BCUT2D eigenvalue weighted by molar-refractivity contribution is 6.72. The molecule has 0 saturated carbocycles. The third kappa shape index (κ3) is 4.27. The van der Waals surface area contributed by atoms with Gasteiger partial charge in [-0.1, -0.05) is 39.0 Å². The molecule has 0 N–H and O–H groups in total. The Morgan fingerprint density at radius 3 is 2.62 bits per heavy atom. The van der Waals surface area contributed by atoms with Crippen LogP contribution in [0.4, 0.5) is 0 Å². The van der Waals surface area contributed by atoms with Crippen molar-refractivity contribution in [1.29, 1.82) is 0 Å². The van der Waals surface area contributed by atoms with Gasteiger partial charge in [0.1, 0.15) is 0 Å². The topological polar surface area (TPSA) is 9.23 Å². The highest BCUT2D eigenvalue weighted by atomic mass is 28.4. The van der Waals surface area contributed by atoms with Crippen LogP contribution >= 0.6 is 0 Å². The van der Waals surface area contributed by atoms with Crippen LogP contribution in [0.5, 0.6) is 0 Å². The largest absolute Gasteiger partial charge is 0.417 e. The smallest absolute Gasteiger partial charge is 0.189 e. The number of hydrogen-bond acceptors (Lipinski definition) is 1. The minimum absolute atomic E-state index is 1.05. The lowest BCUT2D eigenvalue weighted by molar-refractivity contribution is 0.269. The Bertz CT molecular complexity index is 130. The fourth-order valence-corrected chi connectivity index (χ4v) is 5.29. The third-order valence-corrected chi connectivity index (χ3v) is 6.83. The predicted molar refractivity (Wildman–Crippen MR) is 60.6 cm³/mol. The van der Waals surface area contributed by atoms with Crippen molar-refractivity contribution < 1.29 is 4.43 Å². The maximum Gasteiger partial charge on any atom is 0.189 e. The van der Waals surface area contributed by atoms with E-state index in [9.17, 15) is 0 Å². The third-order valence-electron chi connectivity index (χ3n) is 3.11. The monoisotopic (exact) mass is 200 g/mol. The molecule has 1 nitrogen and oxygen atoms in total. The lowest BCUT2D eigenvalue weighted by atomic mass is 10.2. The molecule has 1 unspecified atom stereocenters. The lowest BCUT2D eigenvalue weighted by Gasteiger charge is -2.31. The summed E-state index contributed by atoms with van der Waals surface area (Å²) in [6.07, 6.45) is 8.32. The quantitative estimate of drug-likeness (QED) is 0.482. The van der Waals surface area contributed by atoms with E-state index in [1.54, 1.807) is 0 Å². The van der Waals surface area contributed by atoms with Gasteiger partial charge in [-0.3, -0.25) is 0 Å². The van der Waals surface area contributed by atoms with Crippen molar-refractivity contribution in [3.05, 3.63) is 0 Å². The van der Waals surface area contributed by atoms with Gasteiger partial charge in [0.2, 0.25) is 0 Å². The summed E-state index contributed by atoms with van der Waals surface area (Å²) in [5.74, 6) is 0. The van der Waals surface area contributed by atoms with E-state index < -0.39 is 8.32 Å². The van der Waals surface area contributed by atoms with E-state index in [-0.39, 0.29) is 0 Å². The summed E-state index contributed by atoms with van der Waals surface area (Å²) in [5.41, 5.74) is 0. The van der Waals surface area contributed by atoms with Gasteiger partial charge >= 0.3 is 0 Å². The summed E-state index contributed by atoms with van der Waals surface area (Å²) < 4.78 is 5.98. The Kier molecular flexibility index (Phi) is 5.03. The van der Waals surface area contributed by atoms with E-state index >= 15 is 0 Å². The number of hydrogen-bond donors (Lipinski definition) is 0. The van der Waals surface area contributed by atoms with Gasteiger partial charge in [-0.2, -0.15) is 0 Å². The van der Waals surface area contributed by atoms with Crippen LogP contribution in [0.25, 0.3) is 0 Å². The molecule has 1 saturated heterocycles. The van der Waals surface area contributed by atoms with Gasteiger partial charge in [-0.15, -0.1) is 0 Å². The van der Waals surface area contributed by atoms with Crippen LogP contribution in [0.3, 0.4) is 0 Å². The molecule has 2 heteroatoms. The molecule has 0 spiro atoms. The van der Waals surface area contributed by atoms with Crippen LogP contribution in [0.2, 0.25) is 18.6 Å². The summed E-state index contributed by atoms with van der Waals surface area (Å²) >= 11 is 0. The van der Waals surface area contributed by atoms with Crippen molar-refractivity contribution in [1.82, 2.24) is 0 Å². The van der Waals surface area contributed by atoms with Gasteiger partial charge in [0.15, 0.2) is 8.32 Å². The van der Waals surface area contributed by atoms with Crippen molar-refractivity contribution in [2.75, 3.05) is 6.61 Å². The maximum absolute atomic E-state index is 5.98. The van der Waals surface area contributed by atoms with Gasteiger partial charge in [0.25, 0.3) is 0 Å². The Morgan fingerprint density at radius 2 is 2.00 bits per heavy atom. The van der Waals surface area contributed by atoms with E-state index in [0.29, 0.717) is 0 Å². The van der Waals surface area contributed by atoms with Crippen molar-refractivity contribution in [3.63, 3.8) is 0 Å². The van der Waals surface area contributed by atoms with Gasteiger partial charge in [0, 0.05) is 6.61 Å². The Hall–Kier alpha value is 0.177. The minimum atomic E-state index is -1.19. The van der Waals surface area contributed by atoms with Crippen LogP contribution in [0.15, 0.2) is 0 Å². The molecule has 13 heavy (non-hydrogen) atoms. The van der Waals surface area contributed by atoms with E-state index in [4.69, 9.17) is 4.43 Å². The van der Waals surface area contributed by atoms with E-state index in [1.807, 2.05) is 0 Å². The molecular formula is C11H24OSi. The molecule has 1 aliphatic heterocycles. The second-order valence-corrected chi connectivity index (χ2v) is 8.75. The van der Waals surface area contributed by atoms with Crippen LogP contribution < -0.4 is 0 Å². The molecule has 0 aliphatic carbocycles. The summed E-state index contributed by atoms with van der Waals surface area (Å²) in [5, 5.41) is 0. The first-order valence-corrected chi connectivity index (χ1v) is 8.73. The van der Waals surface area contributed by atoms with Crippen LogP contribution in [0.1, 0.15) is 45.4 Å². The second kappa shape index (κ2) is 5.81. The standard InChI is InChI=1S/C11H24OSi/c1-3-4-5-7-10-13(2)11-8-6-9-12-13/h3-11H2,1-2H3. The van der Waals surface area contributed by atoms with Crippen LogP contribution in [-0.2, 0) is 4.43 Å². The molecule has 0 aromatic heterocycles. The number of rotatable bonds is 5. The molecule has 0 amide bonds. The molecule has 1 fully saturated rings. The molecule has 0 aromatic carbocycles. The van der Waals surface area contributed by atoms with Crippen molar-refractivity contribution in [3.8, 4) is 0 Å². The molecule has 0 bridgehead atoms. The first-order chi connectivity index (χ1) is 6.27. The van der Waals surface area contributed by atoms with Crippen molar-refractivity contribution >= 4 is 8.32 Å². The van der Waals surface area contributed by atoms with Gasteiger partial charge < -0.3 is 4.43 Å². The SMILES string of the molecule is CCCCCC[Si]1(C)CCCCO1. The highest BCUT2D eigenvalue weighted by Gasteiger charge is 2.30. The summed E-state index contributed by atoms with van der Waals surface area (Å²) in [6, 6.07) is 2.83. The van der Waals surface area contributed by atoms with Gasteiger partial charge in [-0.25, -0.2) is 0 Å². The minimum Gasteiger partial charge on any atom is -0.417 e.